The lowest BCUT2D eigenvalue weighted by molar-refractivity contribution is 0.0920. The molecule has 0 unspecified atom stereocenters. The molecule has 1 aliphatic rings. The first-order chi connectivity index (χ1) is 15.1. The van der Waals surface area contributed by atoms with Gasteiger partial charge in [-0.3, -0.25) is 9.69 Å². The number of nitrogens with one attached hydrogen (secondary N) is 1. The number of fused-ring (bicyclic) bond motifs is 1. The van der Waals surface area contributed by atoms with Crippen LogP contribution in [0.1, 0.15) is 21.7 Å². The maximum atomic E-state index is 13.1. The third kappa shape index (κ3) is 4.72. The van der Waals surface area contributed by atoms with Crippen LogP contribution in [0.5, 0.6) is 11.5 Å². The van der Waals surface area contributed by atoms with Gasteiger partial charge in [-0.05, 0) is 66.1 Å². The van der Waals surface area contributed by atoms with E-state index in [0.717, 1.165) is 43.1 Å². The summed E-state index contributed by atoms with van der Waals surface area (Å²) in [5, 5.41) is 2.91. The van der Waals surface area contributed by atoms with Crippen molar-refractivity contribution in [2.24, 2.45) is 0 Å². The van der Waals surface area contributed by atoms with Crippen molar-refractivity contribution in [3.05, 3.63) is 71.2 Å². The zero-order valence-electron chi connectivity index (χ0n) is 17.6. The lowest BCUT2D eigenvalue weighted by Crippen LogP contribution is -2.37. The van der Waals surface area contributed by atoms with Crippen LogP contribution in [-0.2, 0) is 13.0 Å². The lowest BCUT2D eigenvalue weighted by atomic mass is 9.99. The average molecular weight is 424 g/mol. The number of ether oxygens (including phenoxy) is 2. The summed E-state index contributed by atoms with van der Waals surface area (Å²) in [6.45, 7) is 2.94. The van der Waals surface area contributed by atoms with Crippen molar-refractivity contribution in [3.8, 4) is 22.8 Å². The fourth-order valence-electron chi connectivity index (χ4n) is 3.78. The third-order valence-corrected chi connectivity index (χ3v) is 5.47. The largest absolute Gasteiger partial charge is 0.493 e. The Morgan fingerprint density at radius 1 is 1.06 bits per heavy atom. The van der Waals surface area contributed by atoms with Crippen LogP contribution in [0.3, 0.4) is 0 Å². The molecule has 1 aromatic heterocycles. The minimum Gasteiger partial charge on any atom is -0.493 e. The Labute approximate surface area is 180 Å². The molecule has 1 aliphatic heterocycles. The van der Waals surface area contributed by atoms with Gasteiger partial charge in [-0.15, -0.1) is 0 Å². The second kappa shape index (κ2) is 9.22. The zero-order valence-corrected chi connectivity index (χ0v) is 17.6. The Morgan fingerprint density at radius 3 is 2.48 bits per heavy atom. The van der Waals surface area contributed by atoms with Crippen LogP contribution in [-0.4, -0.2) is 44.7 Å². The van der Waals surface area contributed by atoms with Gasteiger partial charge in [-0.2, -0.15) is 0 Å². The fraction of sp³-hybridized carbons (Fsp3) is 0.292. The van der Waals surface area contributed by atoms with Crippen LogP contribution in [0.15, 0.2) is 52.9 Å². The van der Waals surface area contributed by atoms with Crippen LogP contribution < -0.4 is 14.8 Å². The molecule has 1 N–H and O–H groups in total. The molecule has 1 amide bonds. The summed E-state index contributed by atoms with van der Waals surface area (Å²) in [6.07, 6.45) is 0.919. The summed E-state index contributed by atoms with van der Waals surface area (Å²) in [5.74, 6) is 1.66. The summed E-state index contributed by atoms with van der Waals surface area (Å²) < 4.78 is 29.5. The minimum atomic E-state index is -0.314. The molecule has 0 saturated carbocycles. The average Bonchev–Trinajstić information content (AvgIpc) is 3.29. The van der Waals surface area contributed by atoms with Gasteiger partial charge in [-0.25, -0.2) is 4.39 Å². The molecule has 162 valence electrons. The number of carbonyl (C=O) groups excluding carboxylic acids is 1. The standard InChI is InChI=1S/C24H25FN2O4/c1-29-22-13-17-9-11-27(15-18(17)14-23(22)30-2)12-10-26-24(28)21-8-7-20(31-21)16-3-5-19(25)6-4-16/h3-8,13-14H,9-12,15H2,1-2H3,(H,26,28). The molecule has 0 spiro atoms. The Kier molecular flexibility index (Phi) is 6.23. The highest BCUT2D eigenvalue weighted by atomic mass is 19.1. The second-order valence-corrected chi connectivity index (χ2v) is 7.43. The molecule has 0 fully saturated rings. The highest BCUT2D eigenvalue weighted by molar-refractivity contribution is 5.92. The topological polar surface area (TPSA) is 63.9 Å². The second-order valence-electron chi connectivity index (χ2n) is 7.43. The van der Waals surface area contributed by atoms with Gasteiger partial charge in [0.1, 0.15) is 11.6 Å². The van der Waals surface area contributed by atoms with E-state index in [4.69, 9.17) is 13.9 Å². The monoisotopic (exact) mass is 424 g/mol. The molecular formula is C24H25FN2O4. The maximum absolute atomic E-state index is 13.1. The number of hydrogen-bond donors (Lipinski definition) is 1. The molecule has 2 heterocycles. The number of methoxy groups -OCH3 is 2. The van der Waals surface area contributed by atoms with Crippen molar-refractivity contribution in [2.45, 2.75) is 13.0 Å². The van der Waals surface area contributed by atoms with E-state index in [1.165, 1.54) is 23.3 Å². The zero-order chi connectivity index (χ0) is 21.8. The highest BCUT2D eigenvalue weighted by Gasteiger charge is 2.20. The smallest absolute Gasteiger partial charge is 0.287 e. The van der Waals surface area contributed by atoms with Gasteiger partial charge in [0.05, 0.1) is 14.2 Å². The molecule has 0 bridgehead atoms. The molecule has 0 radical (unpaired) electrons. The van der Waals surface area contributed by atoms with Gasteiger partial charge in [0.25, 0.3) is 5.91 Å². The first-order valence-electron chi connectivity index (χ1n) is 10.2. The molecule has 0 saturated heterocycles. The molecule has 3 aromatic rings. The number of carbonyl (C=O) groups is 1. The summed E-state index contributed by atoms with van der Waals surface area (Å²) in [6, 6.07) is 13.4. The van der Waals surface area contributed by atoms with Crippen LogP contribution in [0.4, 0.5) is 4.39 Å². The first kappa shape index (κ1) is 20.9. The summed E-state index contributed by atoms with van der Waals surface area (Å²) in [4.78, 5) is 14.7. The van der Waals surface area contributed by atoms with Gasteiger partial charge in [-0.1, -0.05) is 0 Å². The third-order valence-electron chi connectivity index (χ3n) is 5.47. The van der Waals surface area contributed by atoms with E-state index in [9.17, 15) is 9.18 Å². The molecule has 0 aliphatic carbocycles. The Bertz CT molecular complexity index is 1060. The van der Waals surface area contributed by atoms with Crippen molar-refractivity contribution in [1.82, 2.24) is 10.2 Å². The Hall–Kier alpha value is -3.32. The predicted molar refractivity (Wildman–Crippen MR) is 115 cm³/mol. The van der Waals surface area contributed by atoms with E-state index in [0.29, 0.717) is 12.3 Å². The van der Waals surface area contributed by atoms with Gasteiger partial charge in [0, 0.05) is 31.7 Å². The normalized spacial score (nSPS) is 13.5. The predicted octanol–water partition coefficient (Wildman–Crippen LogP) is 3.89. The summed E-state index contributed by atoms with van der Waals surface area (Å²) in [7, 11) is 3.28. The molecule has 2 aromatic carbocycles. The van der Waals surface area contributed by atoms with E-state index < -0.39 is 0 Å². The number of amides is 1. The van der Waals surface area contributed by atoms with E-state index in [1.807, 2.05) is 12.1 Å². The van der Waals surface area contributed by atoms with Crippen molar-refractivity contribution in [2.75, 3.05) is 33.9 Å². The van der Waals surface area contributed by atoms with Crippen molar-refractivity contribution < 1.29 is 23.1 Å². The fourth-order valence-corrected chi connectivity index (χ4v) is 3.78. The van der Waals surface area contributed by atoms with Gasteiger partial charge in [0.15, 0.2) is 17.3 Å². The summed E-state index contributed by atoms with van der Waals surface area (Å²) in [5.41, 5.74) is 3.20. The van der Waals surface area contributed by atoms with Crippen molar-refractivity contribution in [3.63, 3.8) is 0 Å². The molecule has 7 heteroatoms. The quantitative estimate of drug-likeness (QED) is 0.624. The molecule has 6 nitrogen and oxygen atoms in total. The van der Waals surface area contributed by atoms with Gasteiger partial charge in [0.2, 0.25) is 0 Å². The lowest BCUT2D eigenvalue weighted by Gasteiger charge is -2.29. The van der Waals surface area contributed by atoms with E-state index in [1.54, 1.807) is 38.5 Å². The Morgan fingerprint density at radius 2 is 1.77 bits per heavy atom. The van der Waals surface area contributed by atoms with E-state index >= 15 is 0 Å². The van der Waals surface area contributed by atoms with Gasteiger partial charge >= 0.3 is 0 Å². The van der Waals surface area contributed by atoms with Crippen LogP contribution in [0, 0.1) is 5.82 Å². The van der Waals surface area contributed by atoms with Gasteiger partial charge < -0.3 is 19.2 Å². The molecule has 31 heavy (non-hydrogen) atoms. The van der Waals surface area contributed by atoms with E-state index in [-0.39, 0.29) is 17.5 Å². The molecule has 0 atom stereocenters. The number of rotatable bonds is 7. The highest BCUT2D eigenvalue weighted by Crippen LogP contribution is 2.33. The number of halogens is 1. The number of furan rings is 1. The van der Waals surface area contributed by atoms with Crippen LogP contribution >= 0.6 is 0 Å². The molecule has 4 rings (SSSR count). The summed E-state index contributed by atoms with van der Waals surface area (Å²) >= 11 is 0. The van der Waals surface area contributed by atoms with Crippen LogP contribution in [0.2, 0.25) is 0 Å². The van der Waals surface area contributed by atoms with Crippen molar-refractivity contribution in [1.29, 1.82) is 0 Å². The number of benzene rings is 2. The minimum absolute atomic E-state index is 0.236. The van der Waals surface area contributed by atoms with Crippen LogP contribution in [0.25, 0.3) is 11.3 Å². The number of nitrogens with zero attached hydrogens (tertiary/aromatic N) is 1. The Balaban J connectivity index is 1.31. The molecular weight excluding hydrogens is 399 g/mol. The maximum Gasteiger partial charge on any atom is 0.287 e. The SMILES string of the molecule is COc1cc2c(cc1OC)CN(CCNC(=O)c1ccc(-c3ccc(F)cc3)o1)CC2. The number of hydrogen-bond acceptors (Lipinski definition) is 5. The van der Waals surface area contributed by atoms with Crippen molar-refractivity contribution >= 4 is 5.91 Å². The van der Waals surface area contributed by atoms with E-state index in [2.05, 4.69) is 10.2 Å². The first-order valence-corrected chi connectivity index (χ1v) is 10.2.